The summed E-state index contributed by atoms with van der Waals surface area (Å²) in [5.74, 6) is 3.07. The van der Waals surface area contributed by atoms with Crippen LogP contribution < -0.4 is 20.7 Å². The predicted octanol–water partition coefficient (Wildman–Crippen LogP) is 2.70. The first kappa shape index (κ1) is 21.8. The van der Waals surface area contributed by atoms with Crippen molar-refractivity contribution in [1.82, 2.24) is 20.7 Å². The molecular weight excluding hydrogens is 436 g/mol. The van der Waals surface area contributed by atoms with Gasteiger partial charge in [-0.2, -0.15) is 0 Å². The number of nitrogens with zero attached hydrogens (tertiary/aromatic N) is 4. The van der Waals surface area contributed by atoms with E-state index in [-0.39, 0.29) is 5.41 Å². The highest BCUT2D eigenvalue weighted by Gasteiger charge is 2.68. The average Bonchev–Trinajstić information content (AvgIpc) is 3.46. The van der Waals surface area contributed by atoms with E-state index in [2.05, 4.69) is 64.2 Å². The first-order valence-corrected chi connectivity index (χ1v) is 13.3. The Morgan fingerprint density at radius 1 is 1.00 bits per heavy atom. The van der Waals surface area contributed by atoms with E-state index < -0.39 is 0 Å². The number of rotatable bonds is 3. The normalized spacial score (nSPS) is 36.5. The summed E-state index contributed by atoms with van der Waals surface area (Å²) >= 11 is 0. The Balaban J connectivity index is 1.03. The number of hydrogen-bond donors (Lipinski definition) is 2. The second kappa shape index (κ2) is 8.02. The molecule has 5 unspecified atom stereocenters. The zero-order valence-electron chi connectivity index (χ0n) is 20.8. The molecule has 2 N–H and O–H groups in total. The van der Waals surface area contributed by atoms with Crippen molar-refractivity contribution in [2.75, 3.05) is 50.1 Å². The molecule has 6 atom stereocenters. The number of amides is 1. The highest BCUT2D eigenvalue weighted by atomic mass is 16.2. The lowest BCUT2D eigenvalue weighted by atomic mass is 9.72. The molecule has 2 saturated heterocycles. The smallest absolute Gasteiger partial charge is 0.237 e. The third kappa shape index (κ3) is 3.28. The van der Waals surface area contributed by atoms with E-state index in [1.54, 1.807) is 0 Å². The van der Waals surface area contributed by atoms with Crippen LogP contribution in [0.2, 0.25) is 0 Å². The molecule has 1 aromatic carbocycles. The fourth-order valence-electron chi connectivity index (χ4n) is 7.68. The standard InChI is InChI=1S/C28H36N6O/c1-32-11-13-34(14-12-32)25-10-8-19(17-29-25)26-20-9-7-18(15-23(20)30-31-26)22-16-28(22)21-5-3-4-6-24(21)33(2)27(28)35/h3-6,8,10,17-18,20,22-23,26,30-31H,7,9,11-16H2,1-2H3/t18?,20?,22?,23?,26?,28-/m0/s1. The Kier molecular flexibility index (Phi) is 4.99. The van der Waals surface area contributed by atoms with Crippen LogP contribution in [-0.4, -0.2) is 62.1 Å². The van der Waals surface area contributed by atoms with Gasteiger partial charge >= 0.3 is 0 Å². The van der Waals surface area contributed by atoms with Crippen LogP contribution >= 0.6 is 0 Å². The molecule has 4 fully saturated rings. The van der Waals surface area contributed by atoms with Gasteiger partial charge in [0.15, 0.2) is 0 Å². The number of aromatic nitrogens is 1. The summed E-state index contributed by atoms with van der Waals surface area (Å²) in [5, 5.41) is 0. The van der Waals surface area contributed by atoms with E-state index in [1.807, 2.05) is 18.0 Å². The van der Waals surface area contributed by atoms with E-state index in [4.69, 9.17) is 4.98 Å². The molecule has 7 heteroatoms. The fourth-order valence-corrected chi connectivity index (χ4v) is 7.68. The maximum atomic E-state index is 13.3. The van der Waals surface area contributed by atoms with Crippen LogP contribution in [0.25, 0.3) is 0 Å². The maximum absolute atomic E-state index is 13.3. The molecule has 7 rings (SSSR count). The number of nitrogens with one attached hydrogen (secondary N) is 2. The summed E-state index contributed by atoms with van der Waals surface area (Å²) in [6.45, 7) is 4.28. The van der Waals surface area contributed by atoms with Crippen molar-refractivity contribution in [1.29, 1.82) is 0 Å². The number of likely N-dealkylation sites (N-methyl/N-ethyl adjacent to an activating group) is 2. The van der Waals surface area contributed by atoms with Gasteiger partial charge in [0.1, 0.15) is 5.82 Å². The molecule has 2 aromatic rings. The number of para-hydroxylation sites is 1. The largest absolute Gasteiger partial charge is 0.354 e. The minimum atomic E-state index is -0.253. The second-order valence-electron chi connectivity index (χ2n) is 11.5. The van der Waals surface area contributed by atoms with Crippen molar-refractivity contribution in [2.24, 2.45) is 17.8 Å². The number of hydrogen-bond acceptors (Lipinski definition) is 6. The molecule has 2 aliphatic carbocycles. The number of piperazine rings is 1. The van der Waals surface area contributed by atoms with Crippen molar-refractivity contribution in [3.8, 4) is 0 Å². The molecule has 0 radical (unpaired) electrons. The van der Waals surface area contributed by atoms with Crippen LogP contribution in [0.3, 0.4) is 0 Å². The molecule has 4 heterocycles. The van der Waals surface area contributed by atoms with Gasteiger partial charge in [-0.25, -0.2) is 10.4 Å². The highest BCUT2D eigenvalue weighted by Crippen LogP contribution is 2.66. The molecule has 1 aromatic heterocycles. The van der Waals surface area contributed by atoms with E-state index in [0.717, 1.165) is 50.5 Å². The molecule has 3 aliphatic heterocycles. The second-order valence-corrected chi connectivity index (χ2v) is 11.5. The maximum Gasteiger partial charge on any atom is 0.237 e. The van der Waals surface area contributed by atoms with Gasteiger partial charge < -0.3 is 14.7 Å². The van der Waals surface area contributed by atoms with Crippen LogP contribution in [-0.2, 0) is 10.2 Å². The van der Waals surface area contributed by atoms with Crippen molar-refractivity contribution in [2.45, 2.75) is 43.2 Å². The molecule has 5 aliphatic rings. The van der Waals surface area contributed by atoms with Crippen molar-refractivity contribution in [3.05, 3.63) is 53.7 Å². The lowest BCUT2D eigenvalue weighted by Crippen LogP contribution is -2.44. The van der Waals surface area contributed by atoms with E-state index in [0.29, 0.717) is 35.7 Å². The summed E-state index contributed by atoms with van der Waals surface area (Å²) in [6, 6.07) is 13.7. The molecule has 184 valence electrons. The van der Waals surface area contributed by atoms with E-state index in [1.165, 1.54) is 24.0 Å². The lowest BCUT2D eigenvalue weighted by Gasteiger charge is -2.34. The molecule has 35 heavy (non-hydrogen) atoms. The molecule has 2 saturated carbocycles. The van der Waals surface area contributed by atoms with Gasteiger partial charge in [0, 0.05) is 51.2 Å². The molecule has 1 spiro atoms. The van der Waals surface area contributed by atoms with E-state index in [9.17, 15) is 4.79 Å². The van der Waals surface area contributed by atoms with Gasteiger partial charge in [-0.1, -0.05) is 24.3 Å². The summed E-state index contributed by atoms with van der Waals surface area (Å²) in [4.78, 5) is 24.8. The topological polar surface area (TPSA) is 63.7 Å². The van der Waals surface area contributed by atoms with E-state index >= 15 is 0 Å². The number of fused-ring (bicyclic) bond motifs is 3. The minimum absolute atomic E-state index is 0.253. The Hall–Kier alpha value is -2.48. The predicted molar refractivity (Wildman–Crippen MR) is 137 cm³/mol. The lowest BCUT2D eigenvalue weighted by molar-refractivity contribution is -0.120. The van der Waals surface area contributed by atoms with Gasteiger partial charge in [-0.05, 0) is 73.7 Å². The van der Waals surface area contributed by atoms with Gasteiger partial charge in [0.25, 0.3) is 0 Å². The summed E-state index contributed by atoms with van der Waals surface area (Å²) in [7, 11) is 4.13. The Labute approximate surface area is 207 Å². The molecule has 1 amide bonds. The molecule has 7 nitrogen and oxygen atoms in total. The first-order valence-electron chi connectivity index (χ1n) is 13.3. The van der Waals surface area contributed by atoms with Crippen LogP contribution in [0.15, 0.2) is 42.6 Å². The van der Waals surface area contributed by atoms with Crippen molar-refractivity contribution < 1.29 is 4.79 Å². The number of benzene rings is 1. The SMILES string of the molecule is CN1CCN(c2ccc(C3NNC4CC(C5C[C@@]56C(=O)N(C)c5ccccc56)CCC43)cn2)CC1. The van der Waals surface area contributed by atoms with Crippen molar-refractivity contribution in [3.63, 3.8) is 0 Å². The molecular formula is C28H36N6O. The first-order chi connectivity index (χ1) is 17.1. The van der Waals surface area contributed by atoms with Gasteiger partial charge in [0.2, 0.25) is 5.91 Å². The highest BCUT2D eigenvalue weighted by molar-refractivity contribution is 6.10. The number of carbonyl (C=O) groups excluding carboxylic acids is 1. The minimum Gasteiger partial charge on any atom is -0.354 e. The summed E-state index contributed by atoms with van der Waals surface area (Å²) in [5.41, 5.74) is 10.6. The average molecular weight is 473 g/mol. The Morgan fingerprint density at radius 3 is 2.63 bits per heavy atom. The number of pyridine rings is 1. The Morgan fingerprint density at radius 2 is 1.83 bits per heavy atom. The van der Waals surface area contributed by atoms with Gasteiger partial charge in [0.05, 0.1) is 11.5 Å². The summed E-state index contributed by atoms with van der Waals surface area (Å²) < 4.78 is 0. The Bertz CT molecular complexity index is 1130. The van der Waals surface area contributed by atoms with Gasteiger partial charge in [-0.3, -0.25) is 10.2 Å². The van der Waals surface area contributed by atoms with Gasteiger partial charge in [-0.15, -0.1) is 0 Å². The number of anilines is 2. The molecule has 0 bridgehead atoms. The number of carbonyl (C=O) groups is 1. The monoisotopic (exact) mass is 472 g/mol. The van der Waals surface area contributed by atoms with Crippen LogP contribution in [0, 0.1) is 17.8 Å². The quantitative estimate of drug-likeness (QED) is 0.716. The summed E-state index contributed by atoms with van der Waals surface area (Å²) in [6.07, 6.45) is 6.65. The van der Waals surface area contributed by atoms with Crippen LogP contribution in [0.5, 0.6) is 0 Å². The third-order valence-corrected chi connectivity index (χ3v) is 9.77. The fraction of sp³-hybridized carbons (Fsp3) is 0.571. The number of hydrazine groups is 1. The van der Waals surface area contributed by atoms with Crippen LogP contribution in [0.4, 0.5) is 11.5 Å². The van der Waals surface area contributed by atoms with Crippen LogP contribution in [0.1, 0.15) is 42.9 Å². The zero-order chi connectivity index (χ0) is 23.7. The van der Waals surface area contributed by atoms with Crippen molar-refractivity contribution >= 4 is 17.4 Å². The third-order valence-electron chi connectivity index (χ3n) is 9.77. The zero-order valence-corrected chi connectivity index (χ0v) is 20.8.